The summed E-state index contributed by atoms with van der Waals surface area (Å²) in [6, 6.07) is 0. The topological polar surface area (TPSA) is 20.2 Å². The van der Waals surface area contributed by atoms with Crippen molar-refractivity contribution in [2.24, 2.45) is 11.8 Å². The van der Waals surface area contributed by atoms with Gasteiger partial charge in [0.15, 0.2) is 0 Å². The van der Waals surface area contributed by atoms with Crippen molar-refractivity contribution in [1.82, 2.24) is 0 Å². The van der Waals surface area contributed by atoms with Gasteiger partial charge in [-0.25, -0.2) is 0 Å². The van der Waals surface area contributed by atoms with Gasteiger partial charge in [-0.15, -0.1) is 0 Å². The molecule has 0 aromatic rings. The van der Waals surface area contributed by atoms with E-state index in [1.54, 1.807) is 0 Å². The predicted octanol–water partition coefficient (Wildman–Crippen LogP) is 5.95. The molecule has 2 atom stereocenters. The molecule has 0 saturated heterocycles. The zero-order valence-electron chi connectivity index (χ0n) is 13.8. The van der Waals surface area contributed by atoms with Gasteiger partial charge in [0.2, 0.25) is 0 Å². The molecule has 0 radical (unpaired) electrons. The molecule has 0 saturated carbocycles. The second-order valence-electron chi connectivity index (χ2n) is 6.56. The molecule has 0 amide bonds. The molecule has 2 unspecified atom stereocenters. The highest BCUT2D eigenvalue weighted by atomic mass is 16.2. The van der Waals surface area contributed by atoms with Gasteiger partial charge in [0, 0.05) is 6.61 Å². The lowest BCUT2D eigenvalue weighted by molar-refractivity contribution is 0.269. The summed E-state index contributed by atoms with van der Waals surface area (Å²) in [5, 5.41) is 8.80. The Hall–Kier alpha value is -0.0400. The van der Waals surface area contributed by atoms with E-state index < -0.39 is 0 Å². The molecule has 116 valence electrons. The lowest BCUT2D eigenvalue weighted by Crippen LogP contribution is -2.00. The molecular weight excluding hydrogens is 232 g/mol. The van der Waals surface area contributed by atoms with Gasteiger partial charge in [0.25, 0.3) is 0 Å². The number of aliphatic hydroxyl groups excluding tert-OH is 1. The molecule has 19 heavy (non-hydrogen) atoms. The molecule has 0 fully saturated rings. The first kappa shape index (κ1) is 19.0. The third kappa shape index (κ3) is 14.2. The normalized spacial score (nSPS) is 14.5. The van der Waals surface area contributed by atoms with Gasteiger partial charge < -0.3 is 5.11 Å². The second kappa shape index (κ2) is 14.4. The van der Waals surface area contributed by atoms with E-state index in [2.05, 4.69) is 20.8 Å². The van der Waals surface area contributed by atoms with Crippen molar-refractivity contribution in [1.29, 1.82) is 0 Å². The smallest absolute Gasteiger partial charge is 0.0431 e. The fraction of sp³-hybridized carbons (Fsp3) is 1.00. The number of unbranched alkanes of at least 4 members (excludes halogenated alkanes) is 5. The summed E-state index contributed by atoms with van der Waals surface area (Å²) in [5.74, 6) is 1.71. The molecule has 0 heterocycles. The first-order chi connectivity index (χ1) is 9.20. The Bertz CT molecular complexity index is 167. The van der Waals surface area contributed by atoms with Crippen LogP contribution >= 0.6 is 0 Å². The molecule has 1 N–H and O–H groups in total. The largest absolute Gasteiger partial charge is 0.396 e. The Labute approximate surface area is 122 Å². The van der Waals surface area contributed by atoms with Crippen molar-refractivity contribution in [3.8, 4) is 0 Å². The van der Waals surface area contributed by atoms with Crippen LogP contribution in [0.2, 0.25) is 0 Å². The monoisotopic (exact) mass is 270 g/mol. The maximum atomic E-state index is 8.80. The first-order valence-electron chi connectivity index (χ1n) is 8.81. The van der Waals surface area contributed by atoms with Crippen LogP contribution in [0, 0.1) is 11.8 Å². The third-order valence-electron chi connectivity index (χ3n) is 4.30. The average molecular weight is 271 g/mol. The summed E-state index contributed by atoms with van der Waals surface area (Å²) >= 11 is 0. The standard InChI is InChI=1S/C18H38O/c1-4-5-6-7-8-9-12-17(2)13-10-14-18(3)15-11-16-19/h17-19H,4-16H2,1-3H3. The Morgan fingerprint density at radius 1 is 0.632 bits per heavy atom. The van der Waals surface area contributed by atoms with Crippen molar-refractivity contribution in [3.63, 3.8) is 0 Å². The van der Waals surface area contributed by atoms with E-state index in [1.165, 1.54) is 70.6 Å². The molecule has 0 aromatic heterocycles. The molecule has 0 aliphatic rings. The first-order valence-corrected chi connectivity index (χ1v) is 8.81. The van der Waals surface area contributed by atoms with Gasteiger partial charge in [-0.3, -0.25) is 0 Å². The van der Waals surface area contributed by atoms with Gasteiger partial charge in [0.1, 0.15) is 0 Å². The van der Waals surface area contributed by atoms with Crippen LogP contribution in [-0.2, 0) is 0 Å². The highest BCUT2D eigenvalue weighted by Gasteiger charge is 2.05. The number of hydrogen-bond donors (Lipinski definition) is 1. The van der Waals surface area contributed by atoms with E-state index in [0.29, 0.717) is 6.61 Å². The molecule has 0 spiro atoms. The molecule has 0 rings (SSSR count). The molecule has 0 aliphatic carbocycles. The zero-order valence-corrected chi connectivity index (χ0v) is 13.8. The van der Waals surface area contributed by atoms with Gasteiger partial charge in [-0.1, -0.05) is 85.0 Å². The fourth-order valence-corrected chi connectivity index (χ4v) is 2.82. The van der Waals surface area contributed by atoms with Crippen LogP contribution in [0.15, 0.2) is 0 Å². The summed E-state index contributed by atoms with van der Waals surface area (Å²) in [5.41, 5.74) is 0. The number of hydrogen-bond acceptors (Lipinski definition) is 1. The zero-order chi connectivity index (χ0) is 14.3. The maximum absolute atomic E-state index is 8.80. The molecule has 0 bridgehead atoms. The SMILES string of the molecule is CCCCCCCCC(C)CCCC(C)CCCO. The summed E-state index contributed by atoms with van der Waals surface area (Å²) < 4.78 is 0. The molecule has 1 heteroatoms. The van der Waals surface area contributed by atoms with Gasteiger partial charge in [-0.05, 0) is 24.7 Å². The minimum atomic E-state index is 0.360. The van der Waals surface area contributed by atoms with Crippen LogP contribution in [0.3, 0.4) is 0 Å². The summed E-state index contributed by atoms with van der Waals surface area (Å²) in [4.78, 5) is 0. The quantitative estimate of drug-likeness (QED) is 0.387. The van der Waals surface area contributed by atoms with Crippen LogP contribution < -0.4 is 0 Å². The van der Waals surface area contributed by atoms with E-state index in [4.69, 9.17) is 5.11 Å². The molecule has 0 aliphatic heterocycles. The number of rotatable bonds is 14. The van der Waals surface area contributed by atoms with Crippen molar-refractivity contribution < 1.29 is 5.11 Å². The second-order valence-corrected chi connectivity index (χ2v) is 6.56. The Kier molecular flexibility index (Phi) is 14.3. The van der Waals surface area contributed by atoms with Gasteiger partial charge >= 0.3 is 0 Å². The Morgan fingerprint density at radius 2 is 1.11 bits per heavy atom. The predicted molar refractivity (Wildman–Crippen MR) is 86.5 cm³/mol. The van der Waals surface area contributed by atoms with Crippen LogP contribution in [0.1, 0.15) is 97.8 Å². The van der Waals surface area contributed by atoms with E-state index in [-0.39, 0.29) is 0 Å². The van der Waals surface area contributed by atoms with E-state index >= 15 is 0 Å². The molecule has 0 aromatic carbocycles. The van der Waals surface area contributed by atoms with Crippen LogP contribution in [0.25, 0.3) is 0 Å². The molecule has 1 nitrogen and oxygen atoms in total. The van der Waals surface area contributed by atoms with Crippen molar-refractivity contribution >= 4 is 0 Å². The lowest BCUT2D eigenvalue weighted by atomic mass is 9.93. The van der Waals surface area contributed by atoms with Gasteiger partial charge in [-0.2, -0.15) is 0 Å². The maximum Gasteiger partial charge on any atom is 0.0431 e. The van der Waals surface area contributed by atoms with Crippen molar-refractivity contribution in [2.45, 2.75) is 97.8 Å². The lowest BCUT2D eigenvalue weighted by Gasteiger charge is -2.14. The number of aliphatic hydroxyl groups is 1. The minimum absolute atomic E-state index is 0.360. The summed E-state index contributed by atoms with van der Waals surface area (Å²) in [6.45, 7) is 7.39. The highest BCUT2D eigenvalue weighted by Crippen LogP contribution is 2.20. The highest BCUT2D eigenvalue weighted by molar-refractivity contribution is 4.58. The fourth-order valence-electron chi connectivity index (χ4n) is 2.82. The molecular formula is C18H38O. The van der Waals surface area contributed by atoms with E-state index in [1.807, 2.05) is 0 Å². The summed E-state index contributed by atoms with van der Waals surface area (Å²) in [7, 11) is 0. The average Bonchev–Trinajstić information content (AvgIpc) is 2.40. The van der Waals surface area contributed by atoms with Crippen LogP contribution in [0.5, 0.6) is 0 Å². The van der Waals surface area contributed by atoms with Crippen LogP contribution in [0.4, 0.5) is 0 Å². The Balaban J connectivity index is 3.27. The van der Waals surface area contributed by atoms with Gasteiger partial charge in [0.05, 0.1) is 0 Å². The van der Waals surface area contributed by atoms with Crippen LogP contribution in [-0.4, -0.2) is 11.7 Å². The van der Waals surface area contributed by atoms with Crippen molar-refractivity contribution in [2.75, 3.05) is 6.61 Å². The summed E-state index contributed by atoms with van der Waals surface area (Å²) in [6.07, 6.45) is 16.3. The minimum Gasteiger partial charge on any atom is -0.396 e. The Morgan fingerprint density at radius 3 is 1.68 bits per heavy atom. The van der Waals surface area contributed by atoms with Crippen molar-refractivity contribution in [3.05, 3.63) is 0 Å². The van der Waals surface area contributed by atoms with E-state index in [9.17, 15) is 0 Å². The van der Waals surface area contributed by atoms with E-state index in [0.717, 1.165) is 18.3 Å². The third-order valence-corrected chi connectivity index (χ3v) is 4.30.